The SMILES string of the molecule is COC(=O)c1cc2c(cc1N)sc1cc(N)c(C(=O)OC)cc12. The summed E-state index contributed by atoms with van der Waals surface area (Å²) >= 11 is 1.48. The van der Waals surface area contributed by atoms with Gasteiger partial charge in [0.15, 0.2) is 0 Å². The number of thiophene rings is 1. The summed E-state index contributed by atoms with van der Waals surface area (Å²) in [5.74, 6) is -1.01. The van der Waals surface area contributed by atoms with Gasteiger partial charge in [-0.1, -0.05) is 0 Å². The molecule has 1 aromatic heterocycles. The fourth-order valence-corrected chi connectivity index (χ4v) is 3.64. The maximum Gasteiger partial charge on any atom is 0.339 e. The second-order valence-corrected chi connectivity index (χ2v) is 6.04. The number of benzene rings is 2. The Hall–Kier alpha value is -2.80. The van der Waals surface area contributed by atoms with Crippen molar-refractivity contribution in [1.82, 2.24) is 0 Å². The van der Waals surface area contributed by atoms with Gasteiger partial charge in [-0.15, -0.1) is 11.3 Å². The van der Waals surface area contributed by atoms with Crippen LogP contribution in [0.15, 0.2) is 24.3 Å². The Kier molecular flexibility index (Phi) is 3.57. The van der Waals surface area contributed by atoms with Crippen LogP contribution in [0.5, 0.6) is 0 Å². The molecule has 0 bridgehead atoms. The molecule has 23 heavy (non-hydrogen) atoms. The fraction of sp³-hybridized carbons (Fsp3) is 0.125. The minimum Gasteiger partial charge on any atom is -0.465 e. The van der Waals surface area contributed by atoms with Gasteiger partial charge in [0, 0.05) is 31.5 Å². The molecular weight excluding hydrogens is 316 g/mol. The Morgan fingerprint density at radius 3 is 1.57 bits per heavy atom. The third-order valence-corrected chi connectivity index (χ3v) is 4.74. The molecule has 1 heterocycles. The number of nitrogens with two attached hydrogens (primary N) is 2. The second kappa shape index (κ2) is 5.44. The summed E-state index contributed by atoms with van der Waals surface area (Å²) in [6.45, 7) is 0. The van der Waals surface area contributed by atoms with Crippen molar-refractivity contribution in [3.63, 3.8) is 0 Å². The molecule has 0 saturated heterocycles. The zero-order chi connectivity index (χ0) is 16.7. The fourth-order valence-electron chi connectivity index (χ4n) is 2.47. The van der Waals surface area contributed by atoms with E-state index in [9.17, 15) is 9.59 Å². The normalized spacial score (nSPS) is 10.9. The van der Waals surface area contributed by atoms with E-state index in [1.165, 1.54) is 25.6 Å². The van der Waals surface area contributed by atoms with Crippen molar-refractivity contribution in [2.75, 3.05) is 25.7 Å². The number of methoxy groups -OCH3 is 2. The summed E-state index contributed by atoms with van der Waals surface area (Å²) < 4.78 is 11.3. The molecule has 6 nitrogen and oxygen atoms in total. The largest absolute Gasteiger partial charge is 0.465 e. The first-order chi connectivity index (χ1) is 11.0. The molecule has 3 rings (SSSR count). The van der Waals surface area contributed by atoms with Crippen molar-refractivity contribution >= 4 is 54.8 Å². The minimum atomic E-state index is -0.507. The number of carbonyl (C=O) groups excluding carboxylic acids is 2. The number of ether oxygens (including phenoxy) is 2. The molecule has 118 valence electrons. The molecule has 0 saturated carbocycles. The number of nitrogen functional groups attached to an aromatic ring is 2. The Balaban J connectivity index is 2.34. The molecule has 0 radical (unpaired) electrons. The van der Waals surface area contributed by atoms with E-state index in [1.807, 2.05) is 0 Å². The summed E-state index contributed by atoms with van der Waals surface area (Å²) in [5.41, 5.74) is 13.1. The summed E-state index contributed by atoms with van der Waals surface area (Å²) in [7, 11) is 2.60. The Bertz CT molecular complexity index is 886. The molecule has 2 aromatic carbocycles. The average molecular weight is 330 g/mol. The quantitative estimate of drug-likeness (QED) is 0.553. The van der Waals surface area contributed by atoms with Crippen LogP contribution < -0.4 is 11.5 Å². The number of esters is 2. The van der Waals surface area contributed by atoms with Crippen molar-refractivity contribution in [2.45, 2.75) is 0 Å². The van der Waals surface area contributed by atoms with Crippen LogP contribution >= 0.6 is 11.3 Å². The highest BCUT2D eigenvalue weighted by molar-refractivity contribution is 7.25. The van der Waals surface area contributed by atoms with Crippen molar-refractivity contribution in [3.8, 4) is 0 Å². The lowest BCUT2D eigenvalue weighted by atomic mass is 10.0. The molecule has 3 aromatic rings. The predicted octanol–water partition coefficient (Wildman–Crippen LogP) is 2.79. The van der Waals surface area contributed by atoms with E-state index in [0.29, 0.717) is 11.4 Å². The van der Waals surface area contributed by atoms with Crippen LogP contribution in [0.2, 0.25) is 0 Å². The molecule has 0 atom stereocenters. The molecule has 0 aliphatic rings. The summed E-state index contributed by atoms with van der Waals surface area (Å²) in [6, 6.07) is 6.79. The molecule has 0 fully saturated rings. The third-order valence-electron chi connectivity index (χ3n) is 3.62. The van der Waals surface area contributed by atoms with Gasteiger partial charge in [0.05, 0.1) is 25.3 Å². The average Bonchev–Trinajstić information content (AvgIpc) is 2.87. The first kappa shape index (κ1) is 15.1. The van der Waals surface area contributed by atoms with Crippen LogP contribution in [-0.2, 0) is 9.47 Å². The van der Waals surface area contributed by atoms with Gasteiger partial charge in [0.1, 0.15) is 0 Å². The standard InChI is InChI=1S/C16H14N2O4S/c1-21-15(19)9-3-7-8-4-10(16(20)22-2)12(18)6-14(8)23-13(7)5-11(9)17/h3-6H,17-18H2,1-2H3. The number of hydrogen-bond acceptors (Lipinski definition) is 7. The lowest BCUT2D eigenvalue weighted by Gasteiger charge is -2.05. The van der Waals surface area contributed by atoms with E-state index < -0.39 is 11.9 Å². The van der Waals surface area contributed by atoms with E-state index in [1.54, 1.807) is 24.3 Å². The summed E-state index contributed by atoms with van der Waals surface area (Å²) in [4.78, 5) is 23.6. The zero-order valence-electron chi connectivity index (χ0n) is 12.5. The van der Waals surface area contributed by atoms with Crippen LogP contribution in [0.3, 0.4) is 0 Å². The minimum absolute atomic E-state index is 0.288. The Morgan fingerprint density at radius 1 is 0.826 bits per heavy atom. The van der Waals surface area contributed by atoms with Gasteiger partial charge in [-0.3, -0.25) is 0 Å². The maximum absolute atomic E-state index is 11.8. The molecule has 0 spiro atoms. The molecule has 0 aliphatic heterocycles. The third kappa shape index (κ3) is 2.35. The summed E-state index contributed by atoms with van der Waals surface area (Å²) in [5, 5.41) is 1.62. The van der Waals surface area contributed by atoms with Gasteiger partial charge in [-0.25, -0.2) is 9.59 Å². The zero-order valence-corrected chi connectivity index (χ0v) is 13.3. The van der Waals surface area contributed by atoms with Crippen LogP contribution in [0.4, 0.5) is 11.4 Å². The van der Waals surface area contributed by atoms with Gasteiger partial charge >= 0.3 is 11.9 Å². The molecule has 7 heteroatoms. The number of hydrogen-bond donors (Lipinski definition) is 2. The van der Waals surface area contributed by atoms with E-state index in [-0.39, 0.29) is 11.1 Å². The predicted molar refractivity (Wildman–Crippen MR) is 90.8 cm³/mol. The van der Waals surface area contributed by atoms with Crippen LogP contribution in [-0.4, -0.2) is 26.2 Å². The lowest BCUT2D eigenvalue weighted by molar-refractivity contribution is 0.0593. The number of carbonyl (C=O) groups is 2. The van der Waals surface area contributed by atoms with E-state index in [2.05, 4.69) is 0 Å². The molecule has 0 aliphatic carbocycles. The first-order valence-electron chi connectivity index (χ1n) is 6.68. The van der Waals surface area contributed by atoms with E-state index >= 15 is 0 Å². The highest BCUT2D eigenvalue weighted by Gasteiger charge is 2.17. The van der Waals surface area contributed by atoms with Crippen molar-refractivity contribution in [3.05, 3.63) is 35.4 Å². The Labute approximate surface area is 135 Å². The topological polar surface area (TPSA) is 105 Å². The van der Waals surface area contributed by atoms with Crippen molar-refractivity contribution < 1.29 is 19.1 Å². The highest BCUT2D eigenvalue weighted by Crippen LogP contribution is 2.38. The highest BCUT2D eigenvalue weighted by atomic mass is 32.1. The Morgan fingerprint density at radius 2 is 1.22 bits per heavy atom. The van der Waals surface area contributed by atoms with E-state index in [0.717, 1.165) is 20.2 Å². The van der Waals surface area contributed by atoms with Crippen molar-refractivity contribution in [2.24, 2.45) is 0 Å². The molecule has 0 amide bonds. The van der Waals surface area contributed by atoms with Gasteiger partial charge in [0.2, 0.25) is 0 Å². The smallest absolute Gasteiger partial charge is 0.339 e. The van der Waals surface area contributed by atoms with Gasteiger partial charge < -0.3 is 20.9 Å². The number of fused-ring (bicyclic) bond motifs is 3. The van der Waals surface area contributed by atoms with E-state index in [4.69, 9.17) is 20.9 Å². The van der Waals surface area contributed by atoms with Gasteiger partial charge in [-0.2, -0.15) is 0 Å². The monoisotopic (exact) mass is 330 g/mol. The number of anilines is 2. The van der Waals surface area contributed by atoms with Crippen molar-refractivity contribution in [1.29, 1.82) is 0 Å². The van der Waals surface area contributed by atoms with Crippen LogP contribution in [0.25, 0.3) is 20.2 Å². The second-order valence-electron chi connectivity index (χ2n) is 4.96. The maximum atomic E-state index is 11.8. The van der Waals surface area contributed by atoms with Crippen LogP contribution in [0, 0.1) is 0 Å². The molecular formula is C16H14N2O4S. The van der Waals surface area contributed by atoms with Crippen LogP contribution in [0.1, 0.15) is 20.7 Å². The van der Waals surface area contributed by atoms with Gasteiger partial charge in [0.25, 0.3) is 0 Å². The number of rotatable bonds is 2. The molecule has 4 N–H and O–H groups in total. The lowest BCUT2D eigenvalue weighted by Crippen LogP contribution is -2.05. The molecule has 0 unspecified atom stereocenters. The summed E-state index contributed by atoms with van der Waals surface area (Å²) in [6.07, 6.45) is 0. The first-order valence-corrected chi connectivity index (χ1v) is 7.49. The van der Waals surface area contributed by atoms with Gasteiger partial charge in [-0.05, 0) is 24.3 Å².